The number of nitrogens with one attached hydrogen (secondary N) is 2. The van der Waals surface area contributed by atoms with Gasteiger partial charge < -0.3 is 15.4 Å². The van der Waals surface area contributed by atoms with Crippen molar-refractivity contribution in [3.05, 3.63) is 52.3 Å². The average molecular weight is 282 g/mol. The number of carboxylic acids is 1. The van der Waals surface area contributed by atoms with E-state index in [4.69, 9.17) is 5.11 Å². The first-order chi connectivity index (χ1) is 9.95. The second-order valence-electron chi connectivity index (χ2n) is 5.13. The summed E-state index contributed by atoms with van der Waals surface area (Å²) in [6.45, 7) is 3.90. The van der Waals surface area contributed by atoms with Crippen LogP contribution in [0.3, 0.4) is 0 Å². The molecule has 0 aliphatic carbocycles. The summed E-state index contributed by atoms with van der Waals surface area (Å²) in [5, 5.41) is 11.8. The van der Waals surface area contributed by atoms with Crippen LogP contribution in [0.4, 0.5) is 5.69 Å². The fraction of sp³-hybridized carbons (Fsp3) is 0.125. The number of H-pyrrole nitrogens is 1. The van der Waals surface area contributed by atoms with Crippen LogP contribution in [0.5, 0.6) is 0 Å². The summed E-state index contributed by atoms with van der Waals surface area (Å²) in [6.07, 6.45) is 1.76. The predicted octanol–water partition coefficient (Wildman–Crippen LogP) is 2.82. The number of rotatable bonds is 2. The van der Waals surface area contributed by atoms with E-state index in [1.54, 1.807) is 12.1 Å². The Labute approximate surface area is 121 Å². The Bertz CT molecular complexity index is 800. The molecule has 0 spiro atoms. The normalized spacial score (nSPS) is 15.1. The highest BCUT2D eigenvalue weighted by molar-refractivity contribution is 6.35. The van der Waals surface area contributed by atoms with Gasteiger partial charge in [0, 0.05) is 22.6 Å². The smallest absolute Gasteiger partial charge is 0.335 e. The Morgan fingerprint density at radius 2 is 2.00 bits per heavy atom. The summed E-state index contributed by atoms with van der Waals surface area (Å²) in [4.78, 5) is 26.4. The van der Waals surface area contributed by atoms with Crippen LogP contribution in [0.15, 0.2) is 24.3 Å². The summed E-state index contributed by atoms with van der Waals surface area (Å²) in [5.41, 5.74) is 4.79. The molecular formula is C16H14N2O3. The van der Waals surface area contributed by atoms with Crippen LogP contribution >= 0.6 is 0 Å². The summed E-state index contributed by atoms with van der Waals surface area (Å²) in [6, 6.07) is 6.61. The lowest BCUT2D eigenvalue weighted by Gasteiger charge is -2.01. The number of anilines is 1. The summed E-state index contributed by atoms with van der Waals surface area (Å²) < 4.78 is 0. The zero-order valence-electron chi connectivity index (χ0n) is 11.7. The molecule has 5 heteroatoms. The lowest BCUT2D eigenvalue weighted by molar-refractivity contribution is -0.110. The molecule has 0 bridgehead atoms. The van der Waals surface area contributed by atoms with Gasteiger partial charge in [-0.2, -0.15) is 0 Å². The second-order valence-corrected chi connectivity index (χ2v) is 5.13. The van der Waals surface area contributed by atoms with Crippen molar-refractivity contribution in [2.75, 3.05) is 5.32 Å². The Hall–Kier alpha value is -2.82. The van der Waals surface area contributed by atoms with Gasteiger partial charge in [-0.1, -0.05) is 0 Å². The first kappa shape index (κ1) is 13.2. The van der Waals surface area contributed by atoms with Crippen molar-refractivity contribution < 1.29 is 14.7 Å². The van der Waals surface area contributed by atoms with Gasteiger partial charge >= 0.3 is 5.97 Å². The van der Waals surface area contributed by atoms with Crippen LogP contribution in [0.25, 0.3) is 11.6 Å². The second kappa shape index (κ2) is 4.63. The Balaban J connectivity index is 2.13. The van der Waals surface area contributed by atoms with Crippen LogP contribution in [0, 0.1) is 13.8 Å². The molecule has 0 radical (unpaired) electrons. The molecule has 1 aromatic carbocycles. The van der Waals surface area contributed by atoms with Crippen molar-refractivity contribution in [3.8, 4) is 0 Å². The van der Waals surface area contributed by atoms with Crippen LogP contribution in [0.2, 0.25) is 0 Å². The lowest BCUT2D eigenvalue weighted by atomic mass is 10.0. The minimum Gasteiger partial charge on any atom is -0.478 e. The van der Waals surface area contributed by atoms with Gasteiger partial charge in [-0.3, -0.25) is 4.79 Å². The molecule has 0 atom stereocenters. The van der Waals surface area contributed by atoms with Crippen molar-refractivity contribution >= 4 is 29.2 Å². The van der Waals surface area contributed by atoms with E-state index in [2.05, 4.69) is 10.3 Å². The van der Waals surface area contributed by atoms with Crippen molar-refractivity contribution in [1.29, 1.82) is 0 Å². The van der Waals surface area contributed by atoms with Crippen molar-refractivity contribution in [2.45, 2.75) is 13.8 Å². The van der Waals surface area contributed by atoms with E-state index in [0.717, 1.165) is 17.0 Å². The first-order valence-corrected chi connectivity index (χ1v) is 6.52. The molecule has 1 aromatic heterocycles. The largest absolute Gasteiger partial charge is 0.478 e. The number of fused-ring (bicyclic) bond motifs is 1. The van der Waals surface area contributed by atoms with Gasteiger partial charge in [-0.05, 0) is 49.8 Å². The maximum absolute atomic E-state index is 12.1. The molecule has 3 rings (SSSR count). The van der Waals surface area contributed by atoms with Crippen LogP contribution in [-0.2, 0) is 4.79 Å². The number of aryl methyl sites for hydroxylation is 2. The number of aromatic nitrogens is 1. The number of hydrogen-bond donors (Lipinski definition) is 3. The van der Waals surface area contributed by atoms with Gasteiger partial charge in [0.15, 0.2) is 0 Å². The highest BCUT2D eigenvalue weighted by Gasteiger charge is 2.25. The molecule has 3 N–H and O–H groups in total. The monoisotopic (exact) mass is 282 g/mol. The average Bonchev–Trinajstić information content (AvgIpc) is 2.90. The van der Waals surface area contributed by atoms with Crippen LogP contribution < -0.4 is 5.32 Å². The van der Waals surface area contributed by atoms with E-state index in [0.29, 0.717) is 16.8 Å². The van der Waals surface area contributed by atoms with E-state index < -0.39 is 5.97 Å². The van der Waals surface area contributed by atoms with Gasteiger partial charge in [0.2, 0.25) is 0 Å². The molecule has 2 aromatic rings. The van der Waals surface area contributed by atoms with Crippen LogP contribution in [0.1, 0.15) is 32.9 Å². The van der Waals surface area contributed by atoms with E-state index in [-0.39, 0.29) is 11.5 Å². The zero-order chi connectivity index (χ0) is 15.1. The molecule has 1 aliphatic heterocycles. The summed E-state index contributed by atoms with van der Waals surface area (Å²) >= 11 is 0. The topological polar surface area (TPSA) is 82.2 Å². The van der Waals surface area contributed by atoms with E-state index in [1.165, 1.54) is 12.1 Å². The number of amides is 1. The molecule has 5 nitrogen and oxygen atoms in total. The molecular weight excluding hydrogens is 268 g/mol. The van der Waals surface area contributed by atoms with E-state index in [1.807, 2.05) is 19.9 Å². The zero-order valence-corrected chi connectivity index (χ0v) is 11.7. The Kier molecular flexibility index (Phi) is 2.90. The maximum atomic E-state index is 12.1. The summed E-state index contributed by atoms with van der Waals surface area (Å²) in [7, 11) is 0. The molecule has 0 saturated carbocycles. The lowest BCUT2D eigenvalue weighted by Crippen LogP contribution is -2.03. The molecule has 106 valence electrons. The Morgan fingerprint density at radius 3 is 2.62 bits per heavy atom. The molecule has 2 heterocycles. The number of carbonyl (C=O) groups excluding carboxylic acids is 1. The third kappa shape index (κ3) is 2.23. The molecule has 0 unspecified atom stereocenters. The van der Waals surface area contributed by atoms with Gasteiger partial charge in [0.05, 0.1) is 11.1 Å². The fourth-order valence-corrected chi connectivity index (χ4v) is 2.51. The first-order valence-electron chi connectivity index (χ1n) is 6.52. The number of carboxylic acid groups (broad SMARTS) is 1. The SMILES string of the molecule is Cc1cc(C)c(C=C2C(=O)Nc3ccc(C(=O)O)cc32)[nH]1. The quantitative estimate of drug-likeness (QED) is 0.741. The van der Waals surface area contributed by atoms with Crippen molar-refractivity contribution in [2.24, 2.45) is 0 Å². The van der Waals surface area contributed by atoms with Gasteiger partial charge in [0.1, 0.15) is 0 Å². The van der Waals surface area contributed by atoms with Gasteiger partial charge in [-0.25, -0.2) is 4.79 Å². The van der Waals surface area contributed by atoms with E-state index in [9.17, 15) is 9.59 Å². The van der Waals surface area contributed by atoms with E-state index >= 15 is 0 Å². The molecule has 1 amide bonds. The summed E-state index contributed by atoms with van der Waals surface area (Å²) in [5.74, 6) is -1.23. The molecule has 21 heavy (non-hydrogen) atoms. The number of hydrogen-bond acceptors (Lipinski definition) is 2. The standard InChI is InChI=1S/C16H14N2O3/c1-8-5-9(2)17-14(8)7-12-11-6-10(16(20)21)3-4-13(11)18-15(12)19/h3-7,17H,1-2H3,(H,18,19)(H,20,21). The number of carbonyl (C=O) groups is 2. The molecule has 0 fully saturated rings. The number of aromatic carboxylic acids is 1. The minimum atomic E-state index is -1.01. The van der Waals surface area contributed by atoms with Gasteiger partial charge in [-0.15, -0.1) is 0 Å². The third-order valence-electron chi connectivity index (χ3n) is 3.53. The molecule has 1 aliphatic rings. The minimum absolute atomic E-state index is 0.163. The number of benzene rings is 1. The van der Waals surface area contributed by atoms with Crippen molar-refractivity contribution in [3.63, 3.8) is 0 Å². The highest BCUT2D eigenvalue weighted by Crippen LogP contribution is 2.34. The maximum Gasteiger partial charge on any atom is 0.335 e. The predicted molar refractivity (Wildman–Crippen MR) is 80.2 cm³/mol. The third-order valence-corrected chi connectivity index (χ3v) is 3.53. The fourth-order valence-electron chi connectivity index (χ4n) is 2.51. The highest BCUT2D eigenvalue weighted by atomic mass is 16.4. The van der Waals surface area contributed by atoms with Gasteiger partial charge in [0.25, 0.3) is 5.91 Å². The Morgan fingerprint density at radius 1 is 1.24 bits per heavy atom. The molecule has 0 saturated heterocycles. The van der Waals surface area contributed by atoms with Crippen LogP contribution in [-0.4, -0.2) is 22.0 Å². The number of aromatic amines is 1. The van der Waals surface area contributed by atoms with Crippen molar-refractivity contribution in [1.82, 2.24) is 4.98 Å².